The summed E-state index contributed by atoms with van der Waals surface area (Å²) in [5, 5.41) is 1.91. The highest BCUT2D eigenvalue weighted by molar-refractivity contribution is 9.10. The molecule has 1 saturated heterocycles. The number of carbonyl (C=O) groups excluding carboxylic acids is 1. The lowest BCUT2D eigenvalue weighted by Gasteiger charge is -2.14. The van der Waals surface area contributed by atoms with Crippen LogP contribution in [0.15, 0.2) is 15.9 Å². The number of amides is 1. The van der Waals surface area contributed by atoms with Crippen LogP contribution in [-0.4, -0.2) is 29.9 Å². The number of thiophene rings is 1. The molecule has 0 bridgehead atoms. The Bertz CT molecular complexity index is 352. The van der Waals surface area contributed by atoms with Crippen molar-refractivity contribution in [2.75, 3.05) is 13.1 Å². The predicted octanol–water partition coefficient (Wildman–Crippen LogP) is 1.68. The van der Waals surface area contributed by atoms with E-state index in [1.54, 1.807) is 0 Å². The molecule has 1 fully saturated rings. The lowest BCUT2D eigenvalue weighted by molar-refractivity contribution is 0.0795. The predicted molar refractivity (Wildman–Crippen MR) is 60.5 cm³/mol. The molecule has 14 heavy (non-hydrogen) atoms. The zero-order valence-electron chi connectivity index (χ0n) is 7.57. The Kier molecular flexibility index (Phi) is 2.90. The zero-order chi connectivity index (χ0) is 10.1. The Hall–Kier alpha value is -0.390. The second-order valence-electron chi connectivity index (χ2n) is 3.40. The molecule has 1 aliphatic heterocycles. The number of hydrogen-bond donors (Lipinski definition) is 1. The van der Waals surface area contributed by atoms with Gasteiger partial charge < -0.3 is 10.6 Å². The van der Waals surface area contributed by atoms with Crippen LogP contribution in [-0.2, 0) is 0 Å². The third kappa shape index (κ3) is 1.85. The largest absolute Gasteiger partial charge is 0.336 e. The van der Waals surface area contributed by atoms with Crippen molar-refractivity contribution in [1.29, 1.82) is 0 Å². The highest BCUT2D eigenvalue weighted by Crippen LogP contribution is 2.25. The Morgan fingerprint density at radius 1 is 1.71 bits per heavy atom. The lowest BCUT2D eigenvalue weighted by atomic mass is 10.3. The highest BCUT2D eigenvalue weighted by Gasteiger charge is 2.26. The van der Waals surface area contributed by atoms with Gasteiger partial charge in [-0.2, -0.15) is 0 Å². The molecule has 0 radical (unpaired) electrons. The molecule has 0 aromatic carbocycles. The van der Waals surface area contributed by atoms with Crippen molar-refractivity contribution in [2.24, 2.45) is 5.73 Å². The summed E-state index contributed by atoms with van der Waals surface area (Å²) in [6.07, 6.45) is 0.911. The average Bonchev–Trinajstić information content (AvgIpc) is 2.73. The van der Waals surface area contributed by atoms with E-state index in [0.717, 1.165) is 22.3 Å². The lowest BCUT2D eigenvalue weighted by Crippen LogP contribution is -2.31. The Labute approximate surface area is 95.0 Å². The molecular formula is C9H11BrN2OS. The quantitative estimate of drug-likeness (QED) is 0.847. The van der Waals surface area contributed by atoms with Crippen LogP contribution >= 0.6 is 27.3 Å². The van der Waals surface area contributed by atoms with Gasteiger partial charge in [0.2, 0.25) is 0 Å². The van der Waals surface area contributed by atoms with E-state index in [0.29, 0.717) is 6.54 Å². The molecule has 1 aromatic rings. The Morgan fingerprint density at radius 3 is 3.00 bits per heavy atom. The molecule has 1 amide bonds. The summed E-state index contributed by atoms with van der Waals surface area (Å²) < 4.78 is 0.882. The fourth-order valence-corrected chi connectivity index (χ4v) is 3.07. The summed E-state index contributed by atoms with van der Waals surface area (Å²) in [5.74, 6) is 0.0971. The average molecular weight is 275 g/mol. The summed E-state index contributed by atoms with van der Waals surface area (Å²) in [5.41, 5.74) is 5.75. The molecule has 2 heterocycles. The van der Waals surface area contributed by atoms with Crippen LogP contribution in [0.5, 0.6) is 0 Å². The van der Waals surface area contributed by atoms with Crippen molar-refractivity contribution >= 4 is 33.2 Å². The molecule has 1 unspecified atom stereocenters. The van der Waals surface area contributed by atoms with Gasteiger partial charge >= 0.3 is 0 Å². The smallest absolute Gasteiger partial charge is 0.265 e. The molecule has 2 rings (SSSR count). The summed E-state index contributed by atoms with van der Waals surface area (Å²) in [7, 11) is 0. The molecule has 0 saturated carbocycles. The van der Waals surface area contributed by atoms with Gasteiger partial charge in [-0.15, -0.1) is 11.3 Å². The third-order valence-electron chi connectivity index (χ3n) is 2.32. The minimum atomic E-state index is 0.0971. The van der Waals surface area contributed by atoms with E-state index in [9.17, 15) is 4.79 Å². The fourth-order valence-electron chi connectivity index (χ4n) is 1.56. The second kappa shape index (κ2) is 4.00. The van der Waals surface area contributed by atoms with Crippen LogP contribution in [0.2, 0.25) is 0 Å². The van der Waals surface area contributed by atoms with Gasteiger partial charge in [0, 0.05) is 23.6 Å². The van der Waals surface area contributed by atoms with Crippen LogP contribution in [0, 0.1) is 0 Å². The number of halogens is 1. The highest BCUT2D eigenvalue weighted by atomic mass is 79.9. The van der Waals surface area contributed by atoms with Crippen LogP contribution in [0.1, 0.15) is 16.1 Å². The van der Waals surface area contributed by atoms with Crippen molar-refractivity contribution in [3.8, 4) is 0 Å². The van der Waals surface area contributed by atoms with Gasteiger partial charge in [-0.1, -0.05) is 0 Å². The topological polar surface area (TPSA) is 46.3 Å². The maximum atomic E-state index is 11.9. The first kappa shape index (κ1) is 10.1. The van der Waals surface area contributed by atoms with E-state index in [4.69, 9.17) is 5.73 Å². The molecule has 1 aliphatic rings. The van der Waals surface area contributed by atoms with Gasteiger partial charge in [0.25, 0.3) is 5.91 Å². The third-order valence-corrected chi connectivity index (χ3v) is 4.15. The van der Waals surface area contributed by atoms with Crippen molar-refractivity contribution in [2.45, 2.75) is 12.5 Å². The number of hydrogen-bond acceptors (Lipinski definition) is 3. The minimum Gasteiger partial charge on any atom is -0.336 e. The van der Waals surface area contributed by atoms with Gasteiger partial charge in [0.05, 0.1) is 0 Å². The molecule has 3 nitrogen and oxygen atoms in total. The normalized spacial score (nSPS) is 21.6. The first-order chi connectivity index (χ1) is 6.68. The summed E-state index contributed by atoms with van der Waals surface area (Å²) in [6.45, 7) is 1.47. The van der Waals surface area contributed by atoms with Gasteiger partial charge in [0.15, 0.2) is 0 Å². The van der Waals surface area contributed by atoms with Gasteiger partial charge in [-0.3, -0.25) is 4.79 Å². The molecule has 0 aliphatic carbocycles. The first-order valence-electron chi connectivity index (χ1n) is 4.46. The molecule has 2 N–H and O–H groups in total. The molecule has 1 atom stereocenters. The van der Waals surface area contributed by atoms with Crippen LogP contribution in [0.4, 0.5) is 0 Å². The maximum Gasteiger partial charge on any atom is 0.265 e. The van der Waals surface area contributed by atoms with E-state index in [1.807, 2.05) is 16.3 Å². The van der Waals surface area contributed by atoms with E-state index in [-0.39, 0.29) is 11.9 Å². The SMILES string of the molecule is NC1CCN(C(=O)c2sccc2Br)C1. The molecular weight excluding hydrogens is 264 g/mol. The Balaban J connectivity index is 2.13. The molecule has 76 valence electrons. The zero-order valence-corrected chi connectivity index (χ0v) is 9.97. The summed E-state index contributed by atoms with van der Waals surface area (Å²) in [6, 6.07) is 2.05. The Morgan fingerprint density at radius 2 is 2.50 bits per heavy atom. The standard InChI is InChI=1S/C9H11BrN2OS/c10-7-2-4-14-8(7)9(13)12-3-1-6(11)5-12/h2,4,6H,1,3,5,11H2. The van der Waals surface area contributed by atoms with Crippen molar-refractivity contribution in [3.05, 3.63) is 20.8 Å². The van der Waals surface area contributed by atoms with E-state index >= 15 is 0 Å². The van der Waals surface area contributed by atoms with Crippen molar-refractivity contribution in [3.63, 3.8) is 0 Å². The number of likely N-dealkylation sites (tertiary alicyclic amines) is 1. The van der Waals surface area contributed by atoms with Crippen LogP contribution in [0.3, 0.4) is 0 Å². The fraction of sp³-hybridized carbons (Fsp3) is 0.444. The number of rotatable bonds is 1. The van der Waals surface area contributed by atoms with Crippen molar-refractivity contribution in [1.82, 2.24) is 4.90 Å². The van der Waals surface area contributed by atoms with Crippen LogP contribution in [0.25, 0.3) is 0 Å². The van der Waals surface area contributed by atoms with Gasteiger partial charge in [-0.25, -0.2) is 0 Å². The van der Waals surface area contributed by atoms with Gasteiger partial charge in [-0.05, 0) is 33.8 Å². The van der Waals surface area contributed by atoms with E-state index < -0.39 is 0 Å². The summed E-state index contributed by atoms with van der Waals surface area (Å²) in [4.78, 5) is 14.5. The molecule has 5 heteroatoms. The van der Waals surface area contributed by atoms with E-state index in [1.165, 1.54) is 11.3 Å². The van der Waals surface area contributed by atoms with Gasteiger partial charge in [0.1, 0.15) is 4.88 Å². The monoisotopic (exact) mass is 274 g/mol. The van der Waals surface area contributed by atoms with Crippen LogP contribution < -0.4 is 5.73 Å². The van der Waals surface area contributed by atoms with E-state index in [2.05, 4.69) is 15.9 Å². The molecule has 0 spiro atoms. The first-order valence-corrected chi connectivity index (χ1v) is 6.13. The minimum absolute atomic E-state index is 0.0971. The number of carbonyl (C=O) groups is 1. The second-order valence-corrected chi connectivity index (χ2v) is 5.17. The maximum absolute atomic E-state index is 11.9. The summed E-state index contributed by atoms with van der Waals surface area (Å²) >= 11 is 4.83. The number of nitrogens with zero attached hydrogens (tertiary/aromatic N) is 1. The van der Waals surface area contributed by atoms with Crippen molar-refractivity contribution < 1.29 is 4.79 Å². The molecule has 1 aromatic heterocycles. The number of nitrogens with two attached hydrogens (primary N) is 1.